The van der Waals surface area contributed by atoms with E-state index in [2.05, 4.69) is 10.6 Å². The van der Waals surface area contributed by atoms with Crippen molar-refractivity contribution in [2.24, 2.45) is 0 Å². The maximum atomic E-state index is 13.0. The molecule has 0 spiro atoms. The lowest BCUT2D eigenvalue weighted by molar-refractivity contribution is 0.0490. The first-order chi connectivity index (χ1) is 6.38. The van der Waals surface area contributed by atoms with Crippen molar-refractivity contribution in [2.45, 2.75) is 38.6 Å². The molecule has 0 bridgehead atoms. The Hall–Kier alpha value is -0.550. The standard InChI is InChI=1S/C9H17FN2O2.ClH/c1-9(2,3)14-8(13)12-7-5-11-4-6(7)10;/h6-7,11H,4-5H2,1-3H3,(H,12,13);1H/t6-,7-;/m0./s1. The van der Waals surface area contributed by atoms with E-state index >= 15 is 0 Å². The Kier molecular flexibility index (Phi) is 5.31. The zero-order chi connectivity index (χ0) is 10.8. The molecule has 0 unspecified atom stereocenters. The summed E-state index contributed by atoms with van der Waals surface area (Å²) in [5, 5.41) is 5.33. The summed E-state index contributed by atoms with van der Waals surface area (Å²) in [6, 6.07) is -0.468. The number of carbonyl (C=O) groups is 1. The predicted octanol–water partition coefficient (Wildman–Crippen LogP) is 1.24. The molecule has 0 aliphatic carbocycles. The molecule has 0 radical (unpaired) electrons. The third kappa shape index (κ3) is 5.18. The fourth-order valence-electron chi connectivity index (χ4n) is 1.25. The number of amides is 1. The van der Waals surface area contributed by atoms with E-state index in [1.54, 1.807) is 20.8 Å². The van der Waals surface area contributed by atoms with E-state index in [4.69, 9.17) is 4.74 Å². The number of nitrogens with one attached hydrogen (secondary N) is 2. The highest BCUT2D eigenvalue weighted by Crippen LogP contribution is 2.09. The van der Waals surface area contributed by atoms with Crippen LogP contribution >= 0.6 is 12.4 Å². The van der Waals surface area contributed by atoms with Crippen LogP contribution in [0, 0.1) is 0 Å². The van der Waals surface area contributed by atoms with Gasteiger partial charge in [0.2, 0.25) is 0 Å². The van der Waals surface area contributed by atoms with E-state index in [1.807, 2.05) is 0 Å². The van der Waals surface area contributed by atoms with Crippen molar-refractivity contribution in [3.05, 3.63) is 0 Å². The number of carbonyl (C=O) groups excluding carboxylic acids is 1. The van der Waals surface area contributed by atoms with Crippen molar-refractivity contribution in [3.63, 3.8) is 0 Å². The monoisotopic (exact) mass is 240 g/mol. The third-order valence-corrected chi connectivity index (χ3v) is 1.84. The predicted molar refractivity (Wildman–Crippen MR) is 58.2 cm³/mol. The summed E-state index contributed by atoms with van der Waals surface area (Å²) in [6.07, 6.45) is -1.59. The van der Waals surface area contributed by atoms with E-state index in [1.165, 1.54) is 0 Å². The van der Waals surface area contributed by atoms with Crippen molar-refractivity contribution >= 4 is 18.5 Å². The van der Waals surface area contributed by atoms with Gasteiger partial charge in [0.25, 0.3) is 0 Å². The van der Waals surface area contributed by atoms with Crippen LogP contribution in [0.1, 0.15) is 20.8 Å². The van der Waals surface area contributed by atoms with E-state index in [9.17, 15) is 9.18 Å². The Balaban J connectivity index is 0.00000196. The lowest BCUT2D eigenvalue weighted by atomic mass is 10.2. The molecule has 1 aliphatic heterocycles. The number of halogens is 2. The molecular weight excluding hydrogens is 223 g/mol. The second-order valence-corrected chi connectivity index (χ2v) is 4.43. The van der Waals surface area contributed by atoms with Gasteiger partial charge in [0.05, 0.1) is 6.04 Å². The van der Waals surface area contributed by atoms with Gasteiger partial charge in [-0.1, -0.05) is 0 Å². The zero-order valence-electron chi connectivity index (χ0n) is 9.17. The van der Waals surface area contributed by atoms with E-state index < -0.39 is 23.9 Å². The SMILES string of the molecule is CC(C)(C)OC(=O)N[C@H]1CNC[C@@H]1F.Cl. The van der Waals surface area contributed by atoms with Crippen LogP contribution < -0.4 is 10.6 Å². The van der Waals surface area contributed by atoms with Crippen LogP contribution in [0.25, 0.3) is 0 Å². The molecule has 1 rings (SSSR count). The number of alkyl carbamates (subject to hydrolysis) is 1. The molecule has 90 valence electrons. The molecule has 1 aliphatic rings. The van der Waals surface area contributed by atoms with Crippen molar-refractivity contribution in [2.75, 3.05) is 13.1 Å². The van der Waals surface area contributed by atoms with Gasteiger partial charge in [0, 0.05) is 13.1 Å². The lowest BCUT2D eigenvalue weighted by Gasteiger charge is -2.22. The summed E-state index contributed by atoms with van der Waals surface area (Å²) in [5.41, 5.74) is -0.540. The highest BCUT2D eigenvalue weighted by molar-refractivity contribution is 5.85. The second kappa shape index (κ2) is 5.51. The maximum Gasteiger partial charge on any atom is 0.408 e. The molecule has 2 atom stereocenters. The Morgan fingerprint density at radius 3 is 2.47 bits per heavy atom. The number of hydrogen-bond acceptors (Lipinski definition) is 3. The zero-order valence-corrected chi connectivity index (χ0v) is 9.99. The molecule has 1 fully saturated rings. The Morgan fingerprint density at radius 1 is 1.47 bits per heavy atom. The van der Waals surface area contributed by atoms with Gasteiger partial charge in [-0.3, -0.25) is 0 Å². The molecule has 0 aromatic rings. The van der Waals surface area contributed by atoms with Crippen molar-refractivity contribution in [3.8, 4) is 0 Å². The first-order valence-electron chi connectivity index (χ1n) is 4.73. The van der Waals surface area contributed by atoms with E-state index in [0.717, 1.165) is 0 Å². The van der Waals surface area contributed by atoms with Crippen LogP contribution in [0.5, 0.6) is 0 Å². The molecule has 2 N–H and O–H groups in total. The van der Waals surface area contributed by atoms with Gasteiger partial charge >= 0.3 is 6.09 Å². The first kappa shape index (κ1) is 14.5. The Bertz CT molecular complexity index is 221. The quantitative estimate of drug-likeness (QED) is 0.725. The second-order valence-electron chi connectivity index (χ2n) is 4.43. The molecular formula is C9H18ClFN2O2. The summed E-state index contributed by atoms with van der Waals surface area (Å²) >= 11 is 0. The van der Waals surface area contributed by atoms with E-state index in [0.29, 0.717) is 13.1 Å². The first-order valence-corrected chi connectivity index (χ1v) is 4.73. The lowest BCUT2D eigenvalue weighted by Crippen LogP contribution is -2.43. The molecule has 1 amide bonds. The van der Waals surface area contributed by atoms with Crippen LogP contribution in [0.15, 0.2) is 0 Å². The van der Waals surface area contributed by atoms with Crippen molar-refractivity contribution in [1.29, 1.82) is 0 Å². The van der Waals surface area contributed by atoms with Gasteiger partial charge in [0.1, 0.15) is 11.8 Å². The molecule has 0 saturated carbocycles. The minimum Gasteiger partial charge on any atom is -0.444 e. The van der Waals surface area contributed by atoms with Crippen LogP contribution in [0.2, 0.25) is 0 Å². The molecule has 4 nitrogen and oxygen atoms in total. The molecule has 6 heteroatoms. The highest BCUT2D eigenvalue weighted by atomic mass is 35.5. The summed E-state index contributed by atoms with van der Waals surface area (Å²) in [5.74, 6) is 0. The number of ether oxygens (including phenoxy) is 1. The third-order valence-electron chi connectivity index (χ3n) is 1.84. The summed E-state index contributed by atoms with van der Waals surface area (Å²) in [6.45, 7) is 6.06. The van der Waals surface area contributed by atoms with Gasteiger partial charge in [-0.15, -0.1) is 12.4 Å². The van der Waals surface area contributed by atoms with Crippen molar-refractivity contribution in [1.82, 2.24) is 10.6 Å². The van der Waals surface area contributed by atoms with Gasteiger partial charge < -0.3 is 15.4 Å². The molecule has 15 heavy (non-hydrogen) atoms. The van der Waals surface area contributed by atoms with Crippen LogP contribution in [0.4, 0.5) is 9.18 Å². The molecule has 1 heterocycles. The Morgan fingerprint density at radius 2 is 2.07 bits per heavy atom. The minimum absolute atomic E-state index is 0. The molecule has 1 saturated heterocycles. The fourth-order valence-corrected chi connectivity index (χ4v) is 1.25. The number of alkyl halides is 1. The smallest absolute Gasteiger partial charge is 0.408 e. The number of hydrogen-bond donors (Lipinski definition) is 2. The van der Waals surface area contributed by atoms with Crippen molar-refractivity contribution < 1.29 is 13.9 Å². The van der Waals surface area contributed by atoms with Gasteiger partial charge in [-0.25, -0.2) is 9.18 Å². The highest BCUT2D eigenvalue weighted by Gasteiger charge is 2.29. The van der Waals surface area contributed by atoms with Gasteiger partial charge in [0.15, 0.2) is 0 Å². The summed E-state index contributed by atoms with van der Waals surface area (Å²) in [7, 11) is 0. The molecule has 0 aromatic heterocycles. The molecule has 0 aromatic carbocycles. The number of rotatable bonds is 1. The van der Waals surface area contributed by atoms with Gasteiger partial charge in [-0.05, 0) is 20.8 Å². The fraction of sp³-hybridized carbons (Fsp3) is 0.889. The summed E-state index contributed by atoms with van der Waals surface area (Å²) < 4.78 is 18.1. The largest absolute Gasteiger partial charge is 0.444 e. The average Bonchev–Trinajstić information content (AvgIpc) is 2.32. The van der Waals surface area contributed by atoms with Crippen LogP contribution in [-0.2, 0) is 4.74 Å². The van der Waals surface area contributed by atoms with E-state index in [-0.39, 0.29) is 12.4 Å². The minimum atomic E-state index is -1.03. The van der Waals surface area contributed by atoms with Gasteiger partial charge in [-0.2, -0.15) is 0 Å². The van der Waals surface area contributed by atoms with Crippen LogP contribution in [0.3, 0.4) is 0 Å². The Labute approximate surface area is 95.3 Å². The maximum absolute atomic E-state index is 13.0. The normalized spacial score (nSPS) is 25.6. The average molecular weight is 241 g/mol. The summed E-state index contributed by atoms with van der Waals surface area (Å²) in [4.78, 5) is 11.2. The van der Waals surface area contributed by atoms with Crippen LogP contribution in [-0.4, -0.2) is 37.0 Å². The topological polar surface area (TPSA) is 50.4 Å².